The summed E-state index contributed by atoms with van der Waals surface area (Å²) in [6.07, 6.45) is 4.68. The maximum atomic E-state index is 12.9. The quantitative estimate of drug-likeness (QED) is 0.538. The molecule has 1 aromatic carbocycles. The van der Waals surface area contributed by atoms with Crippen molar-refractivity contribution in [3.8, 4) is 10.6 Å². The van der Waals surface area contributed by atoms with Gasteiger partial charge in [0.2, 0.25) is 0 Å². The number of hydrogen-bond acceptors (Lipinski definition) is 3. The van der Waals surface area contributed by atoms with E-state index < -0.39 is 0 Å². The van der Waals surface area contributed by atoms with Gasteiger partial charge in [0.15, 0.2) is 0 Å². The monoisotopic (exact) mass is 366 g/mol. The van der Waals surface area contributed by atoms with Crippen molar-refractivity contribution in [2.75, 3.05) is 6.54 Å². The molecule has 0 aliphatic rings. The second kappa shape index (κ2) is 8.95. The molecule has 1 N–H and O–H groups in total. The second-order valence-electron chi connectivity index (χ2n) is 6.68. The molecule has 2 aromatic heterocycles. The number of fused-ring (bicyclic) bond motifs is 1. The molecule has 0 bridgehead atoms. The number of carbonyl (C=O) groups is 1. The fourth-order valence-corrected chi connectivity index (χ4v) is 3.88. The number of nitrogens with one attached hydrogen (secondary N) is 1. The lowest BCUT2D eigenvalue weighted by molar-refractivity contribution is 0.0947. The standard InChI is InChI=1S/C22H26N2OS/c1-3-5-9-16(4-2)15-23-22(25)18-14-20(21-12-8-13-26-21)24-19-11-7-6-10-17(18)19/h6-8,10-14,16H,3-5,9,15H2,1-2H3,(H,23,25). The van der Waals surface area contributed by atoms with Gasteiger partial charge in [-0.1, -0.05) is 57.4 Å². The number of unbranched alkanes of at least 4 members (excludes halogenated alkanes) is 1. The lowest BCUT2D eigenvalue weighted by Gasteiger charge is -2.16. The number of thiophene rings is 1. The summed E-state index contributed by atoms with van der Waals surface area (Å²) in [4.78, 5) is 18.8. The molecule has 0 saturated heterocycles. The zero-order valence-electron chi connectivity index (χ0n) is 15.5. The van der Waals surface area contributed by atoms with Gasteiger partial charge in [-0.25, -0.2) is 4.98 Å². The minimum Gasteiger partial charge on any atom is -0.352 e. The van der Waals surface area contributed by atoms with Crippen LogP contribution in [0.5, 0.6) is 0 Å². The number of nitrogens with zero attached hydrogens (tertiary/aromatic N) is 1. The number of aromatic nitrogens is 1. The number of benzene rings is 1. The van der Waals surface area contributed by atoms with Crippen molar-refractivity contribution in [1.82, 2.24) is 10.3 Å². The molecule has 3 nitrogen and oxygen atoms in total. The fraction of sp³-hybridized carbons (Fsp3) is 0.364. The molecule has 1 unspecified atom stereocenters. The van der Waals surface area contributed by atoms with Crippen molar-refractivity contribution in [3.63, 3.8) is 0 Å². The lowest BCUT2D eigenvalue weighted by Crippen LogP contribution is -2.29. The number of rotatable bonds is 8. The summed E-state index contributed by atoms with van der Waals surface area (Å²) in [7, 11) is 0. The van der Waals surface area contributed by atoms with Crippen molar-refractivity contribution in [1.29, 1.82) is 0 Å². The summed E-state index contributed by atoms with van der Waals surface area (Å²) < 4.78 is 0. The Morgan fingerprint density at radius 3 is 2.77 bits per heavy atom. The van der Waals surface area contributed by atoms with Gasteiger partial charge in [0.05, 0.1) is 21.7 Å². The molecule has 0 aliphatic carbocycles. The zero-order chi connectivity index (χ0) is 18.4. The largest absolute Gasteiger partial charge is 0.352 e. The summed E-state index contributed by atoms with van der Waals surface area (Å²) in [5.41, 5.74) is 2.44. The minimum absolute atomic E-state index is 0.00338. The molecular weight excluding hydrogens is 340 g/mol. The average Bonchev–Trinajstić information content (AvgIpc) is 3.22. The number of para-hydroxylation sites is 1. The van der Waals surface area contributed by atoms with E-state index in [0.29, 0.717) is 11.5 Å². The Kier molecular flexibility index (Phi) is 6.40. The van der Waals surface area contributed by atoms with Crippen molar-refractivity contribution in [2.45, 2.75) is 39.5 Å². The van der Waals surface area contributed by atoms with Crippen LogP contribution >= 0.6 is 11.3 Å². The Labute approximate surface area is 159 Å². The summed E-state index contributed by atoms with van der Waals surface area (Å²) in [6.45, 7) is 5.14. The first-order valence-electron chi connectivity index (χ1n) is 9.44. The van der Waals surface area contributed by atoms with Crippen LogP contribution in [0, 0.1) is 5.92 Å². The number of pyridine rings is 1. The summed E-state index contributed by atoms with van der Waals surface area (Å²) >= 11 is 1.64. The van der Waals surface area contributed by atoms with Gasteiger partial charge in [-0.15, -0.1) is 11.3 Å². The molecule has 0 spiro atoms. The first kappa shape index (κ1) is 18.6. The van der Waals surface area contributed by atoms with Crippen molar-refractivity contribution in [3.05, 3.63) is 53.4 Å². The Balaban J connectivity index is 1.87. The summed E-state index contributed by atoms with van der Waals surface area (Å²) in [5, 5.41) is 6.10. The number of carbonyl (C=O) groups excluding carboxylic acids is 1. The van der Waals surface area contributed by atoms with Crippen LogP contribution in [-0.4, -0.2) is 17.4 Å². The van der Waals surface area contributed by atoms with Crippen molar-refractivity contribution < 1.29 is 4.79 Å². The Bertz CT molecular complexity index is 858. The summed E-state index contributed by atoms with van der Waals surface area (Å²) in [5.74, 6) is 0.542. The molecule has 2 heterocycles. The maximum Gasteiger partial charge on any atom is 0.252 e. The van der Waals surface area contributed by atoms with Gasteiger partial charge in [-0.05, 0) is 35.9 Å². The number of amides is 1. The van der Waals surface area contributed by atoms with E-state index in [-0.39, 0.29) is 5.91 Å². The van der Waals surface area contributed by atoms with Gasteiger partial charge in [0.1, 0.15) is 0 Å². The molecule has 0 radical (unpaired) electrons. The third-order valence-electron chi connectivity index (χ3n) is 4.83. The predicted molar refractivity (Wildman–Crippen MR) is 111 cm³/mol. The smallest absolute Gasteiger partial charge is 0.252 e. The molecule has 26 heavy (non-hydrogen) atoms. The van der Waals surface area contributed by atoms with E-state index in [2.05, 4.69) is 19.2 Å². The van der Waals surface area contributed by atoms with Crippen LogP contribution in [-0.2, 0) is 0 Å². The topological polar surface area (TPSA) is 42.0 Å². The van der Waals surface area contributed by atoms with E-state index >= 15 is 0 Å². The Hall–Kier alpha value is -2.20. The van der Waals surface area contributed by atoms with E-state index in [1.807, 2.05) is 47.8 Å². The first-order valence-corrected chi connectivity index (χ1v) is 10.3. The zero-order valence-corrected chi connectivity index (χ0v) is 16.3. The van der Waals surface area contributed by atoms with Crippen LogP contribution < -0.4 is 5.32 Å². The van der Waals surface area contributed by atoms with Gasteiger partial charge in [0.25, 0.3) is 5.91 Å². The highest BCUT2D eigenvalue weighted by Crippen LogP contribution is 2.28. The van der Waals surface area contributed by atoms with Crippen LogP contribution in [0.25, 0.3) is 21.5 Å². The SMILES string of the molecule is CCCCC(CC)CNC(=O)c1cc(-c2cccs2)nc2ccccc12. The van der Waals surface area contributed by atoms with Crippen LogP contribution in [0.2, 0.25) is 0 Å². The second-order valence-corrected chi connectivity index (χ2v) is 7.62. The molecule has 136 valence electrons. The van der Waals surface area contributed by atoms with Gasteiger partial charge in [-0.2, -0.15) is 0 Å². The lowest BCUT2D eigenvalue weighted by atomic mass is 9.99. The fourth-order valence-electron chi connectivity index (χ4n) is 3.19. The van der Waals surface area contributed by atoms with E-state index in [1.54, 1.807) is 11.3 Å². The van der Waals surface area contributed by atoms with Crippen molar-refractivity contribution >= 4 is 28.1 Å². The Morgan fingerprint density at radius 1 is 1.19 bits per heavy atom. The summed E-state index contributed by atoms with van der Waals surface area (Å²) in [6, 6.07) is 13.9. The van der Waals surface area contributed by atoms with Crippen LogP contribution in [0.3, 0.4) is 0 Å². The molecule has 1 amide bonds. The van der Waals surface area contributed by atoms with Crippen LogP contribution in [0.1, 0.15) is 49.9 Å². The van der Waals surface area contributed by atoms with E-state index in [1.165, 1.54) is 19.3 Å². The molecule has 0 saturated carbocycles. The molecule has 4 heteroatoms. The highest BCUT2D eigenvalue weighted by molar-refractivity contribution is 7.13. The third kappa shape index (κ3) is 4.31. The van der Waals surface area contributed by atoms with E-state index in [9.17, 15) is 4.79 Å². The highest BCUT2D eigenvalue weighted by Gasteiger charge is 2.15. The van der Waals surface area contributed by atoms with Crippen LogP contribution in [0.4, 0.5) is 0 Å². The third-order valence-corrected chi connectivity index (χ3v) is 5.72. The normalized spacial score (nSPS) is 12.2. The highest BCUT2D eigenvalue weighted by atomic mass is 32.1. The van der Waals surface area contributed by atoms with E-state index in [4.69, 9.17) is 4.98 Å². The van der Waals surface area contributed by atoms with Gasteiger partial charge < -0.3 is 5.32 Å². The maximum absolute atomic E-state index is 12.9. The molecule has 3 rings (SSSR count). The molecular formula is C22H26N2OS. The molecule has 1 atom stereocenters. The molecule has 0 fully saturated rings. The van der Waals surface area contributed by atoms with Crippen molar-refractivity contribution in [2.24, 2.45) is 5.92 Å². The van der Waals surface area contributed by atoms with E-state index in [0.717, 1.165) is 34.4 Å². The average molecular weight is 367 g/mol. The van der Waals surface area contributed by atoms with Gasteiger partial charge in [0, 0.05) is 11.9 Å². The number of hydrogen-bond donors (Lipinski definition) is 1. The predicted octanol–water partition coefficient (Wildman–Crippen LogP) is 5.91. The van der Waals surface area contributed by atoms with Gasteiger partial charge >= 0.3 is 0 Å². The molecule has 3 aromatic rings. The van der Waals surface area contributed by atoms with Gasteiger partial charge in [-0.3, -0.25) is 4.79 Å². The van der Waals surface area contributed by atoms with Crippen LogP contribution in [0.15, 0.2) is 47.8 Å². The Morgan fingerprint density at radius 2 is 2.04 bits per heavy atom. The minimum atomic E-state index is -0.00338. The molecule has 0 aliphatic heterocycles. The first-order chi connectivity index (χ1) is 12.7.